The number of nitrogen functional groups attached to an aromatic ring is 1. The fourth-order valence-electron chi connectivity index (χ4n) is 2.25. The number of nitrogens with one attached hydrogen (secondary N) is 1. The first-order chi connectivity index (χ1) is 11.0. The molecule has 10 heteroatoms. The summed E-state index contributed by atoms with van der Waals surface area (Å²) in [5, 5.41) is 22.5. The number of carbonyl (C=O) groups excluding carboxylic acids is 1. The lowest BCUT2D eigenvalue weighted by atomic mass is 10.1. The predicted octanol–water partition coefficient (Wildman–Crippen LogP) is -2.40. The van der Waals surface area contributed by atoms with Gasteiger partial charge in [-0.15, -0.1) is 0 Å². The average Bonchev–Trinajstić information content (AvgIpc) is 2.79. The van der Waals surface area contributed by atoms with Crippen molar-refractivity contribution in [3.05, 3.63) is 22.7 Å². The second kappa shape index (κ2) is 8.02. The molecular weight excluding hydrogens is 308 g/mol. The molecule has 1 aliphatic heterocycles. The van der Waals surface area contributed by atoms with Crippen LogP contribution in [0, 0.1) is 0 Å². The molecule has 128 valence electrons. The highest BCUT2D eigenvalue weighted by Gasteiger charge is 2.44. The van der Waals surface area contributed by atoms with Crippen molar-refractivity contribution in [2.24, 2.45) is 0 Å². The maximum atomic E-state index is 11.8. The zero-order chi connectivity index (χ0) is 16.8. The lowest BCUT2D eigenvalue weighted by Gasteiger charge is -2.16. The molecular formula is C13H20N4O6. The molecule has 1 fully saturated rings. The van der Waals surface area contributed by atoms with Crippen molar-refractivity contribution in [2.45, 2.75) is 31.0 Å². The maximum Gasteiger partial charge on any atom is 0.351 e. The SMILES string of the molecule is Nc1ccn([C@@H]2O[C@H](COCCCNC=O)[C@@H](O)[C@H]2O)c(=O)n1. The Labute approximate surface area is 131 Å². The average molecular weight is 328 g/mol. The van der Waals surface area contributed by atoms with Crippen molar-refractivity contribution in [1.29, 1.82) is 0 Å². The van der Waals surface area contributed by atoms with Crippen molar-refractivity contribution < 1.29 is 24.5 Å². The minimum atomic E-state index is -1.29. The van der Waals surface area contributed by atoms with E-state index in [4.69, 9.17) is 15.2 Å². The number of rotatable bonds is 8. The minimum absolute atomic E-state index is 0.0486. The standard InChI is InChI=1S/C13H20N4O6/c14-9-2-4-17(13(21)16-9)12-11(20)10(19)8(23-12)6-22-5-1-3-15-7-18/h2,4,7-8,10-12,19-20H,1,3,5-6H2,(H,15,18)(H2,14,16,21)/t8-,10-,11-,12-/m1/s1. The van der Waals surface area contributed by atoms with Crippen molar-refractivity contribution >= 4 is 12.2 Å². The summed E-state index contributed by atoms with van der Waals surface area (Å²) >= 11 is 0. The van der Waals surface area contributed by atoms with Gasteiger partial charge in [0.05, 0.1) is 6.61 Å². The molecule has 0 saturated carbocycles. The highest BCUT2D eigenvalue weighted by atomic mass is 16.6. The van der Waals surface area contributed by atoms with E-state index in [9.17, 15) is 19.8 Å². The number of anilines is 1. The minimum Gasteiger partial charge on any atom is -0.387 e. The van der Waals surface area contributed by atoms with E-state index in [0.29, 0.717) is 26.0 Å². The number of carbonyl (C=O) groups is 1. The highest BCUT2D eigenvalue weighted by Crippen LogP contribution is 2.28. The lowest BCUT2D eigenvalue weighted by molar-refractivity contribution is -0.109. The van der Waals surface area contributed by atoms with Crippen LogP contribution in [0.15, 0.2) is 17.1 Å². The monoisotopic (exact) mass is 328 g/mol. The van der Waals surface area contributed by atoms with Gasteiger partial charge in [0.15, 0.2) is 6.23 Å². The van der Waals surface area contributed by atoms with Crippen molar-refractivity contribution in [3.8, 4) is 0 Å². The molecule has 0 unspecified atom stereocenters. The summed E-state index contributed by atoms with van der Waals surface area (Å²) in [5.41, 5.74) is 4.73. The third kappa shape index (κ3) is 4.26. The molecule has 23 heavy (non-hydrogen) atoms. The Morgan fingerprint density at radius 2 is 2.26 bits per heavy atom. The van der Waals surface area contributed by atoms with Crippen LogP contribution in [0.25, 0.3) is 0 Å². The molecule has 10 nitrogen and oxygen atoms in total. The highest BCUT2D eigenvalue weighted by molar-refractivity contribution is 5.45. The summed E-state index contributed by atoms with van der Waals surface area (Å²) < 4.78 is 11.9. The van der Waals surface area contributed by atoms with Gasteiger partial charge >= 0.3 is 5.69 Å². The summed E-state index contributed by atoms with van der Waals surface area (Å²) in [6.07, 6.45) is -1.77. The van der Waals surface area contributed by atoms with E-state index in [1.807, 2.05) is 0 Å². The van der Waals surface area contributed by atoms with Crippen molar-refractivity contribution in [1.82, 2.24) is 14.9 Å². The number of ether oxygens (including phenoxy) is 2. The normalized spacial score (nSPS) is 27.0. The van der Waals surface area contributed by atoms with Crippen molar-refractivity contribution in [3.63, 3.8) is 0 Å². The number of nitrogens with two attached hydrogens (primary N) is 1. The van der Waals surface area contributed by atoms with E-state index in [0.717, 1.165) is 4.57 Å². The summed E-state index contributed by atoms with van der Waals surface area (Å²) in [4.78, 5) is 25.4. The fraction of sp³-hybridized carbons (Fsp3) is 0.615. The quantitative estimate of drug-likeness (QED) is 0.305. The van der Waals surface area contributed by atoms with Crippen LogP contribution in [0.1, 0.15) is 12.6 Å². The predicted molar refractivity (Wildman–Crippen MR) is 78.3 cm³/mol. The van der Waals surface area contributed by atoms with Crippen LogP contribution in [0.3, 0.4) is 0 Å². The topological polar surface area (TPSA) is 149 Å². The molecule has 4 atom stereocenters. The number of amides is 1. The molecule has 1 amide bonds. The number of aliphatic hydroxyl groups excluding tert-OH is 2. The van der Waals surface area contributed by atoms with Gasteiger partial charge in [0, 0.05) is 19.3 Å². The number of hydrogen-bond acceptors (Lipinski definition) is 8. The molecule has 5 N–H and O–H groups in total. The van der Waals surface area contributed by atoms with Crippen LogP contribution >= 0.6 is 0 Å². The number of hydrogen-bond donors (Lipinski definition) is 4. The summed E-state index contributed by atoms with van der Waals surface area (Å²) in [6.45, 7) is 0.889. The molecule has 2 heterocycles. The Bertz CT molecular complexity index is 580. The van der Waals surface area contributed by atoms with Crippen LogP contribution in [-0.2, 0) is 14.3 Å². The van der Waals surface area contributed by atoms with Crippen LogP contribution < -0.4 is 16.7 Å². The molecule has 1 aromatic heterocycles. The maximum absolute atomic E-state index is 11.8. The molecule has 1 aliphatic rings. The zero-order valence-electron chi connectivity index (χ0n) is 12.4. The molecule has 0 aromatic carbocycles. The Balaban J connectivity index is 1.90. The zero-order valence-corrected chi connectivity index (χ0v) is 12.4. The van der Waals surface area contributed by atoms with Crippen LogP contribution in [0.5, 0.6) is 0 Å². The van der Waals surface area contributed by atoms with Gasteiger partial charge in [-0.3, -0.25) is 9.36 Å². The second-order valence-corrected chi connectivity index (χ2v) is 5.09. The number of aromatic nitrogens is 2. The van der Waals surface area contributed by atoms with Gasteiger partial charge < -0.3 is 30.7 Å². The Hall–Kier alpha value is -2.01. The summed E-state index contributed by atoms with van der Waals surface area (Å²) in [6, 6.07) is 1.40. The van der Waals surface area contributed by atoms with Gasteiger partial charge in [-0.05, 0) is 12.5 Å². The first-order valence-corrected chi connectivity index (χ1v) is 7.15. The molecule has 0 spiro atoms. The van der Waals surface area contributed by atoms with E-state index in [1.54, 1.807) is 0 Å². The van der Waals surface area contributed by atoms with E-state index >= 15 is 0 Å². The Kier molecular flexibility index (Phi) is 6.04. The van der Waals surface area contributed by atoms with Gasteiger partial charge in [0.2, 0.25) is 6.41 Å². The van der Waals surface area contributed by atoms with Gasteiger partial charge in [-0.2, -0.15) is 4.98 Å². The lowest BCUT2D eigenvalue weighted by Crippen LogP contribution is -2.36. The van der Waals surface area contributed by atoms with E-state index < -0.39 is 30.2 Å². The first kappa shape index (κ1) is 17.3. The molecule has 0 bridgehead atoms. The van der Waals surface area contributed by atoms with E-state index in [-0.39, 0.29) is 12.4 Å². The summed E-state index contributed by atoms with van der Waals surface area (Å²) in [7, 11) is 0. The second-order valence-electron chi connectivity index (χ2n) is 5.09. The molecule has 1 saturated heterocycles. The third-order valence-corrected chi connectivity index (χ3v) is 3.44. The summed E-state index contributed by atoms with van der Waals surface area (Å²) in [5.74, 6) is 0.0584. The molecule has 1 aromatic rings. The van der Waals surface area contributed by atoms with Gasteiger partial charge in [0.25, 0.3) is 0 Å². The first-order valence-electron chi connectivity index (χ1n) is 7.15. The van der Waals surface area contributed by atoms with Gasteiger partial charge in [0.1, 0.15) is 24.1 Å². The van der Waals surface area contributed by atoms with Crippen LogP contribution in [0.4, 0.5) is 5.82 Å². The molecule has 2 rings (SSSR count). The van der Waals surface area contributed by atoms with Gasteiger partial charge in [-0.25, -0.2) is 4.79 Å². The Morgan fingerprint density at radius 3 is 2.96 bits per heavy atom. The van der Waals surface area contributed by atoms with Crippen LogP contribution in [-0.4, -0.2) is 64.2 Å². The van der Waals surface area contributed by atoms with Crippen LogP contribution in [0.2, 0.25) is 0 Å². The Morgan fingerprint density at radius 1 is 1.48 bits per heavy atom. The molecule has 0 aliphatic carbocycles. The van der Waals surface area contributed by atoms with Crippen molar-refractivity contribution in [2.75, 3.05) is 25.5 Å². The third-order valence-electron chi connectivity index (χ3n) is 3.44. The largest absolute Gasteiger partial charge is 0.387 e. The fourth-order valence-corrected chi connectivity index (χ4v) is 2.25. The van der Waals surface area contributed by atoms with Gasteiger partial charge in [-0.1, -0.05) is 0 Å². The van der Waals surface area contributed by atoms with E-state index in [1.165, 1.54) is 12.3 Å². The number of nitrogens with zero attached hydrogens (tertiary/aromatic N) is 2. The molecule has 0 radical (unpaired) electrons. The number of aliphatic hydroxyl groups is 2. The van der Waals surface area contributed by atoms with E-state index in [2.05, 4.69) is 10.3 Å². The smallest absolute Gasteiger partial charge is 0.351 e.